The Kier molecular flexibility index (Phi) is 8.53. The first kappa shape index (κ1) is 35.7. The minimum Gasteiger partial charge on any atom is -0.245 e. The van der Waals surface area contributed by atoms with Crippen LogP contribution < -0.4 is 0 Å². The maximum absolute atomic E-state index is 5.22. The van der Waals surface area contributed by atoms with Gasteiger partial charge in [0.1, 0.15) is 0 Å². The fourth-order valence-electron chi connectivity index (χ4n) is 8.89. The topological polar surface area (TPSA) is 25.8 Å². The molecule has 20 bridgehead atoms. The van der Waals surface area contributed by atoms with Crippen molar-refractivity contribution >= 4 is 119 Å². The Hall–Kier alpha value is -8.20. The van der Waals surface area contributed by atoms with Crippen LogP contribution in [0.15, 0.2) is 231 Å². The molecule has 0 unspecified atom stereocenters. The highest BCUT2D eigenvalue weighted by atomic mass is 14.8. The molecule has 62 heavy (non-hydrogen) atoms. The lowest BCUT2D eigenvalue weighted by molar-refractivity contribution is 1.46. The van der Waals surface area contributed by atoms with Crippen molar-refractivity contribution in [2.45, 2.75) is 0 Å². The molecule has 2 heteroatoms. The third kappa shape index (κ3) is 6.56. The Morgan fingerprint density at radius 1 is 0.129 bits per heavy atom. The summed E-state index contributed by atoms with van der Waals surface area (Å²) in [6.45, 7) is 0. The van der Waals surface area contributed by atoms with Gasteiger partial charge in [0.2, 0.25) is 0 Å². The summed E-state index contributed by atoms with van der Waals surface area (Å²) in [5.41, 5.74) is 3.68. The lowest BCUT2D eigenvalue weighted by atomic mass is 10.0. The fraction of sp³-hybridized carbons (Fsp3) is 0. The minimum atomic E-state index is 0.909. The van der Waals surface area contributed by atoms with Gasteiger partial charge in [-0.05, 0) is 87.5 Å². The van der Waals surface area contributed by atoms with Crippen molar-refractivity contribution in [3.63, 3.8) is 0 Å². The summed E-state index contributed by atoms with van der Waals surface area (Å²) in [7, 11) is 0. The molecular weight excluding hydrogens is 749 g/mol. The summed E-state index contributed by atoms with van der Waals surface area (Å²) in [5, 5.41) is 21.0. The number of benzene rings is 9. The van der Waals surface area contributed by atoms with Crippen LogP contribution in [0.25, 0.3) is 119 Å². The summed E-state index contributed by atoms with van der Waals surface area (Å²) in [4.78, 5) is 10.4. The Labute approximate surface area is 357 Å². The SMILES string of the molecule is c1cc2ccc1c1ccc(cc1)c1ccc(cc1)c1ccc(cc1)c1ccc(cc1)c1ccc3ccc4ccc(nc4c3n1)c1ccc(cc1)c1ccc(cc1)c1ccc2cc1. The molecule has 27 aromatic rings. The van der Waals surface area contributed by atoms with Crippen LogP contribution in [0.1, 0.15) is 0 Å². The van der Waals surface area contributed by atoms with Crippen LogP contribution in [0.2, 0.25) is 0 Å². The number of aromatic nitrogens is 2. The normalized spacial score (nSPS) is 11.5. The van der Waals surface area contributed by atoms with Crippen LogP contribution in [-0.4, -0.2) is 9.97 Å². The van der Waals surface area contributed by atoms with Gasteiger partial charge >= 0.3 is 0 Å². The van der Waals surface area contributed by atoms with Crippen LogP contribution >= 0.6 is 0 Å². The van der Waals surface area contributed by atoms with E-state index in [-0.39, 0.29) is 0 Å². The maximum atomic E-state index is 5.22. The van der Waals surface area contributed by atoms with Crippen LogP contribution in [-0.2, 0) is 0 Å². The van der Waals surface area contributed by atoms with E-state index in [9.17, 15) is 0 Å². The van der Waals surface area contributed by atoms with Crippen molar-refractivity contribution in [3.05, 3.63) is 231 Å². The summed E-state index contributed by atoms with van der Waals surface area (Å²) in [5.74, 6) is 0. The van der Waals surface area contributed by atoms with Gasteiger partial charge in [-0.3, -0.25) is 0 Å². The van der Waals surface area contributed by atoms with Gasteiger partial charge in [-0.1, -0.05) is 218 Å². The van der Waals surface area contributed by atoms with Crippen LogP contribution in [0.3, 0.4) is 0 Å². The highest BCUT2D eigenvalue weighted by molar-refractivity contribution is 6.06. The van der Waals surface area contributed by atoms with E-state index in [0.717, 1.165) is 43.6 Å². The summed E-state index contributed by atoms with van der Waals surface area (Å²) in [6.07, 6.45) is 0. The fourth-order valence-corrected chi connectivity index (χ4v) is 8.89. The highest BCUT2D eigenvalue weighted by Gasteiger charge is 2.06. The minimum absolute atomic E-state index is 0.909. The van der Waals surface area contributed by atoms with Gasteiger partial charge in [0.15, 0.2) is 0 Å². The van der Waals surface area contributed by atoms with Gasteiger partial charge in [0.05, 0.1) is 22.1 Å². The number of nitrogens with zero attached hydrogens (tertiary/aromatic N) is 2. The Morgan fingerprint density at radius 2 is 0.258 bits per heavy atom. The van der Waals surface area contributed by atoms with Crippen molar-refractivity contribution in [3.8, 4) is 0 Å². The molecule has 0 atom stereocenters. The monoisotopic (exact) mass is 786 g/mol. The number of rotatable bonds is 0. The molecule has 27 rings (SSSR count). The zero-order chi connectivity index (χ0) is 41.0. The van der Waals surface area contributed by atoms with Crippen LogP contribution in [0, 0.1) is 0 Å². The lowest BCUT2D eigenvalue weighted by Crippen LogP contribution is -1.87. The zero-order valence-corrected chi connectivity index (χ0v) is 33.8. The Balaban J connectivity index is 1.02. The Morgan fingerprint density at radius 3 is 0.435 bits per heavy atom. The van der Waals surface area contributed by atoms with E-state index in [0.29, 0.717) is 0 Å². The molecule has 0 saturated heterocycles. The van der Waals surface area contributed by atoms with Gasteiger partial charge in [-0.15, -0.1) is 0 Å². The molecule has 2 nitrogen and oxygen atoms in total. The second-order valence-electron chi connectivity index (χ2n) is 16.2. The molecule has 0 saturated carbocycles. The van der Waals surface area contributed by atoms with Crippen molar-refractivity contribution < 1.29 is 0 Å². The molecule has 0 fully saturated rings. The molecule has 18 heterocycles. The average Bonchev–Trinajstić information content (AvgIpc) is 3.36. The van der Waals surface area contributed by atoms with Crippen LogP contribution in [0.5, 0.6) is 0 Å². The highest BCUT2D eigenvalue weighted by Crippen LogP contribution is 2.28. The molecule has 0 aliphatic rings. The number of pyridine rings is 2. The van der Waals surface area contributed by atoms with Crippen molar-refractivity contribution in [1.29, 1.82) is 0 Å². The van der Waals surface area contributed by atoms with Gasteiger partial charge in [-0.25, -0.2) is 9.97 Å². The summed E-state index contributed by atoms with van der Waals surface area (Å²) >= 11 is 0. The molecule has 0 amide bonds. The van der Waals surface area contributed by atoms with E-state index in [1.165, 1.54) is 75.4 Å². The van der Waals surface area contributed by atoms with Gasteiger partial charge in [0, 0.05) is 21.5 Å². The van der Waals surface area contributed by atoms with Crippen molar-refractivity contribution in [1.82, 2.24) is 9.97 Å². The van der Waals surface area contributed by atoms with E-state index in [4.69, 9.17) is 9.97 Å². The van der Waals surface area contributed by atoms with Crippen molar-refractivity contribution in [2.24, 2.45) is 0 Å². The first-order chi connectivity index (χ1) is 30.6. The molecule has 288 valence electrons. The third-order valence-electron chi connectivity index (χ3n) is 12.5. The Bertz CT molecular complexity index is 3630. The van der Waals surface area contributed by atoms with Crippen molar-refractivity contribution in [2.75, 3.05) is 0 Å². The molecular formula is C60H38N2. The van der Waals surface area contributed by atoms with E-state index in [1.54, 1.807) is 0 Å². The predicted octanol–water partition coefficient (Wildman–Crippen LogP) is 16.5. The van der Waals surface area contributed by atoms with E-state index >= 15 is 0 Å². The third-order valence-corrected chi connectivity index (χ3v) is 12.5. The molecule has 0 spiro atoms. The molecule has 9 aromatic carbocycles. The molecule has 0 aliphatic carbocycles. The largest absolute Gasteiger partial charge is 0.245 e. The molecule has 18 aromatic heterocycles. The molecule has 0 N–H and O–H groups in total. The first-order valence-electron chi connectivity index (χ1n) is 21.2. The van der Waals surface area contributed by atoms with E-state index in [2.05, 4.69) is 231 Å². The van der Waals surface area contributed by atoms with Gasteiger partial charge < -0.3 is 0 Å². The number of hydrogen-bond donors (Lipinski definition) is 0. The van der Waals surface area contributed by atoms with Gasteiger partial charge in [0.25, 0.3) is 0 Å². The quantitative estimate of drug-likeness (QED) is 0.143. The second kappa shape index (κ2) is 14.8. The summed E-state index contributed by atoms with van der Waals surface area (Å²) in [6, 6.07) is 83.5. The predicted molar refractivity (Wildman–Crippen MR) is 267 cm³/mol. The van der Waals surface area contributed by atoms with E-state index in [1.807, 2.05) is 0 Å². The maximum Gasteiger partial charge on any atom is 0.0972 e. The summed E-state index contributed by atoms with van der Waals surface area (Å²) < 4.78 is 0. The zero-order valence-electron chi connectivity index (χ0n) is 33.8. The van der Waals surface area contributed by atoms with E-state index < -0.39 is 0 Å². The molecule has 0 radical (unpaired) electrons. The standard InChI is InChI=1S/C60H38N2/c1-5-41-6-2-39(1)40-3-7-42(8-4-40)44-11-15-46(16-12-44)48-19-23-50(24-20-48)52-27-31-54(32-28-52)58-38-36-56-34-33-55-35-37-57(61-59(55)60(56)62-58)53-29-25-51(26-30-53)49-21-17-47(18-22-49)45-13-9-43(41)10-14-45/h1-38H. The average molecular weight is 787 g/mol. The number of hydrogen-bond acceptors (Lipinski definition) is 2. The molecule has 0 aliphatic heterocycles. The first-order valence-corrected chi connectivity index (χ1v) is 21.2. The second-order valence-corrected chi connectivity index (χ2v) is 16.2. The van der Waals surface area contributed by atoms with Crippen LogP contribution in [0.4, 0.5) is 0 Å². The lowest BCUT2D eigenvalue weighted by Gasteiger charge is -2.05. The smallest absolute Gasteiger partial charge is 0.0972 e. The van der Waals surface area contributed by atoms with Gasteiger partial charge in [-0.2, -0.15) is 0 Å².